The van der Waals surface area contributed by atoms with Crippen LogP contribution in [-0.2, 0) is 6.54 Å². The molecule has 0 radical (unpaired) electrons. The molecule has 1 aromatic heterocycles. The number of nitrogens with zero attached hydrogens (tertiary/aromatic N) is 4. The predicted molar refractivity (Wildman–Crippen MR) is 105 cm³/mol. The van der Waals surface area contributed by atoms with Crippen LogP contribution in [-0.4, -0.2) is 63.2 Å². The van der Waals surface area contributed by atoms with Gasteiger partial charge in [-0.1, -0.05) is 28.1 Å². The van der Waals surface area contributed by atoms with Gasteiger partial charge in [0.25, 0.3) is 0 Å². The van der Waals surface area contributed by atoms with Crippen molar-refractivity contribution in [2.24, 2.45) is 0 Å². The Balaban J connectivity index is 1.54. The lowest BCUT2D eigenvalue weighted by atomic mass is 9.74. The van der Waals surface area contributed by atoms with E-state index in [0.717, 1.165) is 36.2 Å². The molecular formula is C20H25BrN4O. The molecule has 3 heterocycles. The number of rotatable bonds is 4. The average molecular weight is 417 g/mol. The van der Waals surface area contributed by atoms with E-state index in [9.17, 15) is 5.11 Å². The summed E-state index contributed by atoms with van der Waals surface area (Å²) in [6.07, 6.45) is 7.78. The summed E-state index contributed by atoms with van der Waals surface area (Å²) in [6, 6.07) is 9.30. The fourth-order valence-electron chi connectivity index (χ4n) is 4.51. The highest BCUT2D eigenvalue weighted by Crippen LogP contribution is 2.42. The van der Waals surface area contributed by atoms with Gasteiger partial charge in [-0.25, -0.2) is 9.97 Å². The van der Waals surface area contributed by atoms with Gasteiger partial charge in [0, 0.05) is 53.5 Å². The Morgan fingerprint density at radius 2 is 1.81 bits per heavy atom. The first kappa shape index (κ1) is 18.0. The van der Waals surface area contributed by atoms with E-state index in [1.165, 1.54) is 18.4 Å². The first-order valence-electron chi connectivity index (χ1n) is 9.34. The van der Waals surface area contributed by atoms with Gasteiger partial charge in [0.2, 0.25) is 0 Å². The summed E-state index contributed by atoms with van der Waals surface area (Å²) < 4.78 is 1.10. The molecule has 4 rings (SSSR count). The molecule has 26 heavy (non-hydrogen) atoms. The van der Waals surface area contributed by atoms with E-state index in [2.05, 4.69) is 60.0 Å². The number of hydrogen-bond acceptors (Lipinski definition) is 5. The van der Waals surface area contributed by atoms with Crippen molar-refractivity contribution in [1.82, 2.24) is 19.8 Å². The monoisotopic (exact) mass is 416 g/mol. The Morgan fingerprint density at radius 3 is 2.54 bits per heavy atom. The molecule has 5 nitrogen and oxygen atoms in total. The Kier molecular flexibility index (Phi) is 5.64. The number of aliphatic hydroxyl groups excluding tert-OH is 1. The van der Waals surface area contributed by atoms with Gasteiger partial charge < -0.3 is 5.11 Å². The number of aliphatic hydroxyl groups is 1. The summed E-state index contributed by atoms with van der Waals surface area (Å²) in [5.41, 5.74) is 2.50. The lowest BCUT2D eigenvalue weighted by molar-refractivity contribution is -0.0655. The van der Waals surface area contributed by atoms with Crippen molar-refractivity contribution in [3.8, 4) is 0 Å². The van der Waals surface area contributed by atoms with Gasteiger partial charge in [-0.3, -0.25) is 9.80 Å². The summed E-state index contributed by atoms with van der Waals surface area (Å²) in [4.78, 5) is 13.3. The van der Waals surface area contributed by atoms with Crippen LogP contribution in [0.4, 0.5) is 0 Å². The fourth-order valence-corrected chi connectivity index (χ4v) is 4.77. The minimum Gasteiger partial charge on any atom is -0.395 e. The molecule has 0 aliphatic carbocycles. The molecule has 138 valence electrons. The Morgan fingerprint density at radius 1 is 1.08 bits per heavy atom. The van der Waals surface area contributed by atoms with Gasteiger partial charge in [-0.05, 0) is 43.6 Å². The van der Waals surface area contributed by atoms with Crippen LogP contribution in [0.3, 0.4) is 0 Å². The average Bonchev–Trinajstić information content (AvgIpc) is 2.65. The Bertz CT molecular complexity index is 712. The number of hydrogen-bond donors (Lipinski definition) is 1. The molecule has 2 aromatic rings. The van der Waals surface area contributed by atoms with Crippen LogP contribution >= 0.6 is 15.9 Å². The van der Waals surface area contributed by atoms with Gasteiger partial charge in [0.1, 0.15) is 6.33 Å². The number of aromatic nitrogens is 2. The van der Waals surface area contributed by atoms with E-state index in [1.807, 2.05) is 12.4 Å². The SMILES string of the molecule is OC[C@H]1[C@@H](c2ccc(Br)cc2)[C@H]2CN(Cc3cncnc3)CCCCN21. The van der Waals surface area contributed by atoms with Crippen molar-refractivity contribution in [3.05, 3.63) is 58.6 Å². The van der Waals surface area contributed by atoms with Crippen LogP contribution in [0.25, 0.3) is 0 Å². The molecule has 2 fully saturated rings. The number of halogens is 1. The molecule has 0 saturated carbocycles. The van der Waals surface area contributed by atoms with Crippen LogP contribution in [0.1, 0.15) is 29.9 Å². The fraction of sp³-hybridized carbons (Fsp3) is 0.500. The van der Waals surface area contributed by atoms with Gasteiger partial charge in [0.05, 0.1) is 6.61 Å². The van der Waals surface area contributed by atoms with Crippen LogP contribution in [0.5, 0.6) is 0 Å². The first-order valence-corrected chi connectivity index (χ1v) is 10.1. The summed E-state index contributed by atoms with van der Waals surface area (Å²) in [6.45, 7) is 4.33. The molecule has 0 spiro atoms. The van der Waals surface area contributed by atoms with Crippen molar-refractivity contribution in [1.29, 1.82) is 0 Å². The first-order chi connectivity index (χ1) is 12.8. The van der Waals surface area contributed by atoms with Crippen molar-refractivity contribution in [2.45, 2.75) is 37.4 Å². The maximum atomic E-state index is 9.99. The highest BCUT2D eigenvalue weighted by atomic mass is 79.9. The maximum Gasteiger partial charge on any atom is 0.115 e. The second kappa shape index (κ2) is 8.13. The van der Waals surface area contributed by atoms with E-state index in [1.54, 1.807) is 6.33 Å². The summed E-state index contributed by atoms with van der Waals surface area (Å²) in [5, 5.41) is 9.99. The third-order valence-corrected chi connectivity index (χ3v) is 6.26. The highest BCUT2D eigenvalue weighted by Gasteiger charge is 2.48. The normalized spacial score (nSPS) is 27.2. The lowest BCUT2D eigenvalue weighted by Crippen LogP contribution is -2.67. The number of benzene rings is 1. The minimum atomic E-state index is 0.226. The molecule has 0 amide bonds. The molecule has 3 atom stereocenters. The molecule has 2 aliphatic heterocycles. The highest BCUT2D eigenvalue weighted by molar-refractivity contribution is 9.10. The molecule has 1 aromatic carbocycles. The van der Waals surface area contributed by atoms with Crippen LogP contribution < -0.4 is 0 Å². The van der Waals surface area contributed by atoms with E-state index in [-0.39, 0.29) is 12.6 Å². The molecule has 6 heteroatoms. The maximum absolute atomic E-state index is 9.99. The van der Waals surface area contributed by atoms with E-state index in [4.69, 9.17) is 0 Å². The third-order valence-electron chi connectivity index (χ3n) is 5.73. The lowest BCUT2D eigenvalue weighted by Gasteiger charge is -2.57. The van der Waals surface area contributed by atoms with E-state index >= 15 is 0 Å². The summed E-state index contributed by atoms with van der Waals surface area (Å²) in [5.74, 6) is 0.390. The van der Waals surface area contributed by atoms with Crippen molar-refractivity contribution < 1.29 is 5.11 Å². The Labute approximate surface area is 163 Å². The molecular weight excluding hydrogens is 392 g/mol. The topological polar surface area (TPSA) is 52.5 Å². The van der Waals surface area contributed by atoms with Gasteiger partial charge >= 0.3 is 0 Å². The Hall–Kier alpha value is -1.34. The standard InChI is InChI=1S/C20H25BrN4O/c21-17-5-3-16(4-6-17)20-18-12-24(11-15-9-22-14-23-10-15)7-1-2-8-25(18)19(20)13-26/h3-6,9-10,14,18-20,26H,1-2,7-8,11-13H2/t18-,19+,20+/m1/s1. The van der Waals surface area contributed by atoms with E-state index in [0.29, 0.717) is 12.0 Å². The van der Waals surface area contributed by atoms with Crippen molar-refractivity contribution in [2.75, 3.05) is 26.2 Å². The smallest absolute Gasteiger partial charge is 0.115 e. The zero-order valence-electron chi connectivity index (χ0n) is 14.8. The zero-order valence-corrected chi connectivity index (χ0v) is 16.4. The van der Waals surface area contributed by atoms with Crippen molar-refractivity contribution >= 4 is 15.9 Å². The van der Waals surface area contributed by atoms with Crippen LogP contribution in [0.15, 0.2) is 47.5 Å². The second-order valence-corrected chi connectivity index (χ2v) is 8.24. The van der Waals surface area contributed by atoms with Crippen molar-refractivity contribution in [3.63, 3.8) is 0 Å². The quantitative estimate of drug-likeness (QED) is 0.829. The number of fused-ring (bicyclic) bond motifs is 1. The second-order valence-electron chi connectivity index (χ2n) is 7.32. The molecule has 2 saturated heterocycles. The minimum absolute atomic E-state index is 0.226. The molecule has 2 aliphatic rings. The third kappa shape index (κ3) is 3.69. The molecule has 1 N–H and O–H groups in total. The predicted octanol–water partition coefficient (Wildman–Crippen LogP) is 2.66. The van der Waals surface area contributed by atoms with Gasteiger partial charge in [-0.2, -0.15) is 0 Å². The molecule has 0 bridgehead atoms. The largest absolute Gasteiger partial charge is 0.395 e. The van der Waals surface area contributed by atoms with Gasteiger partial charge in [0.15, 0.2) is 0 Å². The zero-order chi connectivity index (χ0) is 17.9. The van der Waals surface area contributed by atoms with E-state index < -0.39 is 0 Å². The molecule has 0 unspecified atom stereocenters. The summed E-state index contributed by atoms with van der Waals surface area (Å²) >= 11 is 3.53. The summed E-state index contributed by atoms with van der Waals surface area (Å²) in [7, 11) is 0. The van der Waals surface area contributed by atoms with Crippen LogP contribution in [0, 0.1) is 0 Å². The van der Waals surface area contributed by atoms with Crippen LogP contribution in [0.2, 0.25) is 0 Å². The van der Waals surface area contributed by atoms with Gasteiger partial charge in [-0.15, -0.1) is 0 Å².